The SMILES string of the molecule is Cc1cc(-c2nc(C3CNCCN3C)no2)ccc1Cl.Cl. The zero-order valence-electron chi connectivity index (χ0n) is 12.0. The van der Waals surface area contributed by atoms with Crippen molar-refractivity contribution in [1.82, 2.24) is 20.4 Å². The lowest BCUT2D eigenvalue weighted by molar-refractivity contribution is 0.190. The van der Waals surface area contributed by atoms with Gasteiger partial charge in [0.2, 0.25) is 0 Å². The van der Waals surface area contributed by atoms with Gasteiger partial charge in [0.1, 0.15) is 0 Å². The summed E-state index contributed by atoms with van der Waals surface area (Å²) in [6.07, 6.45) is 0. The second-order valence-corrected chi connectivity index (χ2v) is 5.53. The Labute approximate surface area is 135 Å². The third kappa shape index (κ3) is 3.37. The first-order valence-electron chi connectivity index (χ1n) is 6.66. The van der Waals surface area contributed by atoms with Crippen LogP contribution in [0.2, 0.25) is 5.02 Å². The molecule has 0 saturated carbocycles. The van der Waals surface area contributed by atoms with Crippen LogP contribution in [-0.2, 0) is 0 Å². The maximum atomic E-state index is 6.03. The number of aromatic nitrogens is 2. The highest BCUT2D eigenvalue weighted by atomic mass is 35.5. The number of halogens is 2. The maximum absolute atomic E-state index is 6.03. The molecule has 1 aromatic heterocycles. The van der Waals surface area contributed by atoms with E-state index in [-0.39, 0.29) is 18.4 Å². The quantitative estimate of drug-likeness (QED) is 0.918. The van der Waals surface area contributed by atoms with E-state index in [0.717, 1.165) is 41.6 Å². The molecule has 1 aliphatic rings. The van der Waals surface area contributed by atoms with Crippen LogP contribution in [-0.4, -0.2) is 41.7 Å². The van der Waals surface area contributed by atoms with E-state index in [0.29, 0.717) is 5.89 Å². The summed E-state index contributed by atoms with van der Waals surface area (Å²) in [6.45, 7) is 4.78. The summed E-state index contributed by atoms with van der Waals surface area (Å²) < 4.78 is 5.39. The van der Waals surface area contributed by atoms with Gasteiger partial charge in [0, 0.05) is 30.2 Å². The topological polar surface area (TPSA) is 54.2 Å². The van der Waals surface area contributed by atoms with E-state index in [1.807, 2.05) is 25.1 Å². The fourth-order valence-corrected chi connectivity index (χ4v) is 2.48. The molecule has 5 nitrogen and oxygen atoms in total. The van der Waals surface area contributed by atoms with E-state index >= 15 is 0 Å². The minimum absolute atomic E-state index is 0. The fourth-order valence-electron chi connectivity index (χ4n) is 2.36. The molecule has 21 heavy (non-hydrogen) atoms. The summed E-state index contributed by atoms with van der Waals surface area (Å²) in [6, 6.07) is 5.87. The molecule has 1 aliphatic heterocycles. The van der Waals surface area contributed by atoms with Crippen molar-refractivity contribution in [3.63, 3.8) is 0 Å². The summed E-state index contributed by atoms with van der Waals surface area (Å²) in [5, 5.41) is 8.21. The Kier molecular flexibility index (Phi) is 5.22. The maximum Gasteiger partial charge on any atom is 0.257 e. The number of hydrogen-bond acceptors (Lipinski definition) is 5. The molecular formula is C14H18Cl2N4O. The molecule has 2 heterocycles. The van der Waals surface area contributed by atoms with Gasteiger partial charge in [-0.15, -0.1) is 12.4 Å². The predicted octanol–water partition coefficient (Wildman–Crippen LogP) is 2.70. The fraction of sp³-hybridized carbons (Fsp3) is 0.429. The largest absolute Gasteiger partial charge is 0.334 e. The van der Waals surface area contributed by atoms with Gasteiger partial charge in [0.25, 0.3) is 5.89 Å². The molecule has 0 spiro atoms. The van der Waals surface area contributed by atoms with Gasteiger partial charge in [0.05, 0.1) is 6.04 Å². The Hall–Kier alpha value is -1.14. The van der Waals surface area contributed by atoms with Crippen LogP contribution >= 0.6 is 24.0 Å². The monoisotopic (exact) mass is 328 g/mol. The van der Waals surface area contributed by atoms with E-state index in [4.69, 9.17) is 16.1 Å². The molecule has 1 unspecified atom stereocenters. The lowest BCUT2D eigenvalue weighted by Crippen LogP contribution is -2.44. The number of aryl methyl sites for hydroxylation is 1. The Balaban J connectivity index is 0.00000161. The molecular weight excluding hydrogens is 311 g/mol. The highest BCUT2D eigenvalue weighted by Crippen LogP contribution is 2.25. The van der Waals surface area contributed by atoms with Crippen molar-refractivity contribution >= 4 is 24.0 Å². The Morgan fingerprint density at radius 2 is 2.24 bits per heavy atom. The summed E-state index contributed by atoms with van der Waals surface area (Å²) in [7, 11) is 2.08. The zero-order chi connectivity index (χ0) is 14.1. The molecule has 3 rings (SSSR count). The number of benzene rings is 1. The van der Waals surface area contributed by atoms with Gasteiger partial charge in [-0.3, -0.25) is 4.90 Å². The molecule has 0 aliphatic carbocycles. The number of likely N-dealkylation sites (N-methyl/N-ethyl adjacent to an activating group) is 1. The zero-order valence-corrected chi connectivity index (χ0v) is 13.5. The van der Waals surface area contributed by atoms with Gasteiger partial charge in [0.15, 0.2) is 5.82 Å². The summed E-state index contributed by atoms with van der Waals surface area (Å²) in [5.41, 5.74) is 1.90. The minimum Gasteiger partial charge on any atom is -0.334 e. The van der Waals surface area contributed by atoms with Gasteiger partial charge in [-0.1, -0.05) is 16.8 Å². The number of rotatable bonds is 2. The van der Waals surface area contributed by atoms with E-state index in [1.54, 1.807) is 0 Å². The van der Waals surface area contributed by atoms with Crippen molar-refractivity contribution in [1.29, 1.82) is 0 Å². The molecule has 0 bridgehead atoms. The average Bonchev–Trinajstić information content (AvgIpc) is 2.92. The van der Waals surface area contributed by atoms with Crippen LogP contribution in [0.3, 0.4) is 0 Å². The molecule has 1 atom stereocenters. The van der Waals surface area contributed by atoms with Crippen LogP contribution in [0.5, 0.6) is 0 Å². The first-order chi connectivity index (χ1) is 9.65. The average molecular weight is 329 g/mol. The second kappa shape index (κ2) is 6.75. The summed E-state index contributed by atoms with van der Waals surface area (Å²) in [4.78, 5) is 6.76. The Bertz CT molecular complexity index is 617. The van der Waals surface area contributed by atoms with Crippen LogP contribution in [0.15, 0.2) is 22.7 Å². The summed E-state index contributed by atoms with van der Waals surface area (Å²) in [5.74, 6) is 1.26. The highest BCUT2D eigenvalue weighted by molar-refractivity contribution is 6.31. The molecule has 1 aromatic carbocycles. The van der Waals surface area contributed by atoms with Gasteiger partial charge in [-0.2, -0.15) is 4.98 Å². The van der Waals surface area contributed by atoms with Crippen molar-refractivity contribution in [3.8, 4) is 11.5 Å². The lowest BCUT2D eigenvalue weighted by Gasteiger charge is -2.30. The molecule has 0 radical (unpaired) electrons. The van der Waals surface area contributed by atoms with Crippen LogP contribution in [0.4, 0.5) is 0 Å². The highest BCUT2D eigenvalue weighted by Gasteiger charge is 2.25. The number of piperazine rings is 1. The van der Waals surface area contributed by atoms with Crippen molar-refractivity contribution in [2.75, 3.05) is 26.7 Å². The normalized spacial score (nSPS) is 19.3. The van der Waals surface area contributed by atoms with Gasteiger partial charge in [-0.25, -0.2) is 0 Å². The number of hydrogen-bond donors (Lipinski definition) is 1. The number of nitrogens with zero attached hydrogens (tertiary/aromatic N) is 3. The third-order valence-electron chi connectivity index (χ3n) is 3.66. The number of nitrogens with one attached hydrogen (secondary N) is 1. The summed E-state index contributed by atoms with van der Waals surface area (Å²) >= 11 is 6.03. The van der Waals surface area contributed by atoms with Crippen molar-refractivity contribution < 1.29 is 4.52 Å². The standard InChI is InChI=1S/C14H17ClN4O.ClH/c1-9-7-10(3-4-11(9)15)14-17-13(18-20-14)12-8-16-5-6-19(12)2;/h3-4,7,12,16H,5-6,8H2,1-2H3;1H. The molecule has 2 aromatic rings. The second-order valence-electron chi connectivity index (χ2n) is 5.12. The molecule has 1 N–H and O–H groups in total. The van der Waals surface area contributed by atoms with Crippen LogP contribution < -0.4 is 5.32 Å². The van der Waals surface area contributed by atoms with Crippen molar-refractivity contribution in [2.45, 2.75) is 13.0 Å². The van der Waals surface area contributed by atoms with E-state index in [2.05, 4.69) is 27.4 Å². The Morgan fingerprint density at radius 1 is 1.43 bits per heavy atom. The molecule has 0 amide bonds. The first-order valence-corrected chi connectivity index (χ1v) is 7.04. The van der Waals surface area contributed by atoms with Gasteiger partial charge >= 0.3 is 0 Å². The minimum atomic E-state index is 0. The van der Waals surface area contributed by atoms with Crippen LogP contribution in [0, 0.1) is 6.92 Å². The Morgan fingerprint density at radius 3 is 2.95 bits per heavy atom. The molecule has 114 valence electrons. The van der Waals surface area contributed by atoms with E-state index < -0.39 is 0 Å². The van der Waals surface area contributed by atoms with Crippen LogP contribution in [0.1, 0.15) is 17.4 Å². The van der Waals surface area contributed by atoms with E-state index in [1.165, 1.54) is 0 Å². The first kappa shape index (κ1) is 16.2. The lowest BCUT2D eigenvalue weighted by atomic mass is 10.1. The third-order valence-corrected chi connectivity index (χ3v) is 4.08. The van der Waals surface area contributed by atoms with Crippen LogP contribution in [0.25, 0.3) is 11.5 Å². The van der Waals surface area contributed by atoms with Gasteiger partial charge < -0.3 is 9.84 Å². The molecule has 1 saturated heterocycles. The van der Waals surface area contributed by atoms with Crippen molar-refractivity contribution in [3.05, 3.63) is 34.6 Å². The predicted molar refractivity (Wildman–Crippen MR) is 85.0 cm³/mol. The van der Waals surface area contributed by atoms with Crippen molar-refractivity contribution in [2.24, 2.45) is 0 Å². The van der Waals surface area contributed by atoms with E-state index in [9.17, 15) is 0 Å². The smallest absolute Gasteiger partial charge is 0.257 e. The molecule has 1 fully saturated rings. The van der Waals surface area contributed by atoms with Gasteiger partial charge in [-0.05, 0) is 37.7 Å². The molecule has 7 heteroatoms.